The van der Waals surface area contributed by atoms with E-state index in [4.69, 9.17) is 9.26 Å². The average Bonchev–Trinajstić information content (AvgIpc) is 2.93. The molecule has 1 fully saturated rings. The minimum absolute atomic E-state index is 0.0418. The number of nitrogens with one attached hydrogen (secondary N) is 1. The number of hydrogen-bond donors (Lipinski definition) is 1. The summed E-state index contributed by atoms with van der Waals surface area (Å²) >= 11 is 0. The summed E-state index contributed by atoms with van der Waals surface area (Å²) in [5, 5.41) is 7.50. The SMILES string of the molecule is CCOC(c1noc(C2(C)CCNC2)n1)C(C)(C)C. The van der Waals surface area contributed by atoms with Crippen LogP contribution in [-0.4, -0.2) is 29.8 Å². The molecule has 1 saturated heterocycles. The Kier molecular flexibility index (Phi) is 3.97. The largest absolute Gasteiger partial charge is 0.370 e. The van der Waals surface area contributed by atoms with Crippen LogP contribution in [0.25, 0.3) is 0 Å². The number of hydrogen-bond acceptors (Lipinski definition) is 5. The number of nitrogens with zero attached hydrogens (tertiary/aromatic N) is 2. The molecule has 0 aromatic carbocycles. The molecule has 1 aliphatic heterocycles. The topological polar surface area (TPSA) is 60.2 Å². The van der Waals surface area contributed by atoms with E-state index < -0.39 is 0 Å². The quantitative estimate of drug-likeness (QED) is 0.908. The van der Waals surface area contributed by atoms with E-state index in [0.29, 0.717) is 12.4 Å². The summed E-state index contributed by atoms with van der Waals surface area (Å²) in [5.74, 6) is 1.39. The Hall–Kier alpha value is -0.940. The van der Waals surface area contributed by atoms with Crippen molar-refractivity contribution in [1.82, 2.24) is 15.5 Å². The van der Waals surface area contributed by atoms with E-state index in [2.05, 4.69) is 43.2 Å². The first kappa shape index (κ1) is 14.5. The zero-order valence-corrected chi connectivity index (χ0v) is 12.6. The fourth-order valence-corrected chi connectivity index (χ4v) is 2.46. The molecule has 0 amide bonds. The Labute approximate surface area is 115 Å². The second kappa shape index (κ2) is 5.21. The van der Waals surface area contributed by atoms with Crippen LogP contribution in [0.3, 0.4) is 0 Å². The maximum Gasteiger partial charge on any atom is 0.234 e. The standard InChI is InChI=1S/C14H25N3O2/c1-6-18-10(13(2,3)4)11-16-12(19-17-11)14(5)7-8-15-9-14/h10,15H,6-9H2,1-5H3. The number of ether oxygens (including phenoxy) is 1. The molecule has 0 bridgehead atoms. The molecule has 0 aliphatic carbocycles. The van der Waals surface area contributed by atoms with Crippen molar-refractivity contribution in [3.8, 4) is 0 Å². The van der Waals surface area contributed by atoms with Crippen LogP contribution in [0.15, 0.2) is 4.52 Å². The molecule has 5 heteroatoms. The fourth-order valence-electron chi connectivity index (χ4n) is 2.46. The summed E-state index contributed by atoms with van der Waals surface area (Å²) in [4.78, 5) is 4.61. The molecule has 108 valence electrons. The Morgan fingerprint density at radius 1 is 1.47 bits per heavy atom. The highest BCUT2D eigenvalue weighted by Gasteiger charge is 2.38. The highest BCUT2D eigenvalue weighted by Crippen LogP contribution is 2.36. The second-order valence-electron chi connectivity index (χ2n) is 6.65. The minimum Gasteiger partial charge on any atom is -0.370 e. The lowest BCUT2D eigenvalue weighted by atomic mass is 9.88. The van der Waals surface area contributed by atoms with Crippen LogP contribution in [0.2, 0.25) is 0 Å². The van der Waals surface area contributed by atoms with E-state index in [1.165, 1.54) is 0 Å². The summed E-state index contributed by atoms with van der Waals surface area (Å²) in [6.45, 7) is 13.1. The van der Waals surface area contributed by atoms with E-state index in [1.807, 2.05) is 6.92 Å². The summed E-state index contributed by atoms with van der Waals surface area (Å²) in [6.07, 6.45) is 0.900. The normalized spacial score (nSPS) is 25.7. The van der Waals surface area contributed by atoms with Gasteiger partial charge in [-0.2, -0.15) is 4.98 Å². The summed E-state index contributed by atoms with van der Waals surface area (Å²) < 4.78 is 11.3. The first-order chi connectivity index (χ1) is 8.87. The molecular weight excluding hydrogens is 242 g/mol. The van der Waals surface area contributed by atoms with Crippen molar-refractivity contribution in [3.05, 3.63) is 11.7 Å². The smallest absolute Gasteiger partial charge is 0.234 e. The molecule has 1 aliphatic rings. The third kappa shape index (κ3) is 2.98. The molecule has 19 heavy (non-hydrogen) atoms. The third-order valence-electron chi connectivity index (χ3n) is 3.68. The summed E-state index contributed by atoms with van der Waals surface area (Å²) in [5.41, 5.74) is -0.0914. The molecule has 5 nitrogen and oxygen atoms in total. The third-order valence-corrected chi connectivity index (χ3v) is 3.68. The first-order valence-corrected chi connectivity index (χ1v) is 7.03. The predicted molar refractivity (Wildman–Crippen MR) is 73.0 cm³/mol. The predicted octanol–water partition coefficient (Wildman–Crippen LogP) is 2.44. The Morgan fingerprint density at radius 3 is 2.74 bits per heavy atom. The van der Waals surface area contributed by atoms with Crippen LogP contribution in [0.1, 0.15) is 58.9 Å². The van der Waals surface area contributed by atoms with E-state index in [-0.39, 0.29) is 16.9 Å². The number of aromatic nitrogens is 2. The summed E-state index contributed by atoms with van der Waals surface area (Å²) in [6, 6.07) is 0. The van der Waals surface area contributed by atoms with Crippen LogP contribution in [0.5, 0.6) is 0 Å². The van der Waals surface area contributed by atoms with Crippen LogP contribution in [0, 0.1) is 5.41 Å². The molecule has 0 saturated carbocycles. The molecule has 2 rings (SSSR count). The zero-order valence-electron chi connectivity index (χ0n) is 12.6. The van der Waals surface area contributed by atoms with E-state index in [9.17, 15) is 0 Å². The van der Waals surface area contributed by atoms with Crippen molar-refractivity contribution in [2.75, 3.05) is 19.7 Å². The van der Waals surface area contributed by atoms with Crippen molar-refractivity contribution in [2.45, 2.75) is 52.6 Å². The van der Waals surface area contributed by atoms with E-state index >= 15 is 0 Å². The van der Waals surface area contributed by atoms with Crippen LogP contribution < -0.4 is 5.32 Å². The lowest BCUT2D eigenvalue weighted by Gasteiger charge is -2.27. The lowest BCUT2D eigenvalue weighted by Crippen LogP contribution is -2.26. The molecule has 1 N–H and O–H groups in total. The Bertz CT molecular complexity index is 417. The van der Waals surface area contributed by atoms with Gasteiger partial charge in [-0.3, -0.25) is 0 Å². The van der Waals surface area contributed by atoms with Gasteiger partial charge in [0.1, 0.15) is 6.10 Å². The van der Waals surface area contributed by atoms with Crippen molar-refractivity contribution >= 4 is 0 Å². The maximum atomic E-state index is 5.80. The highest BCUT2D eigenvalue weighted by molar-refractivity contribution is 5.09. The van der Waals surface area contributed by atoms with Crippen molar-refractivity contribution in [2.24, 2.45) is 5.41 Å². The Balaban J connectivity index is 2.23. The molecule has 0 spiro atoms. The number of rotatable bonds is 4. The molecule has 1 aromatic heterocycles. The first-order valence-electron chi connectivity index (χ1n) is 7.03. The van der Waals surface area contributed by atoms with Gasteiger partial charge in [0.05, 0.1) is 5.41 Å². The fraction of sp³-hybridized carbons (Fsp3) is 0.857. The molecule has 2 unspecified atom stereocenters. The van der Waals surface area contributed by atoms with E-state index in [0.717, 1.165) is 25.4 Å². The van der Waals surface area contributed by atoms with Gasteiger partial charge in [-0.25, -0.2) is 0 Å². The van der Waals surface area contributed by atoms with Crippen molar-refractivity contribution in [1.29, 1.82) is 0 Å². The monoisotopic (exact) mass is 267 g/mol. The highest BCUT2D eigenvalue weighted by atomic mass is 16.5. The van der Waals surface area contributed by atoms with Gasteiger partial charge < -0.3 is 14.6 Å². The average molecular weight is 267 g/mol. The zero-order chi connectivity index (χ0) is 14.1. The summed E-state index contributed by atoms with van der Waals surface area (Å²) in [7, 11) is 0. The minimum atomic E-state index is -0.132. The molecule has 0 radical (unpaired) electrons. The lowest BCUT2D eigenvalue weighted by molar-refractivity contribution is -0.0203. The van der Waals surface area contributed by atoms with Gasteiger partial charge in [-0.1, -0.05) is 25.9 Å². The Morgan fingerprint density at radius 2 is 2.21 bits per heavy atom. The van der Waals surface area contributed by atoms with Gasteiger partial charge in [0, 0.05) is 13.2 Å². The van der Waals surface area contributed by atoms with E-state index in [1.54, 1.807) is 0 Å². The van der Waals surface area contributed by atoms with Crippen LogP contribution in [-0.2, 0) is 10.2 Å². The van der Waals surface area contributed by atoms with Crippen molar-refractivity contribution < 1.29 is 9.26 Å². The van der Waals surface area contributed by atoms with Gasteiger partial charge >= 0.3 is 0 Å². The maximum absolute atomic E-state index is 5.80. The van der Waals surface area contributed by atoms with Gasteiger partial charge in [0.15, 0.2) is 0 Å². The van der Waals surface area contributed by atoms with Gasteiger partial charge in [0.25, 0.3) is 0 Å². The van der Waals surface area contributed by atoms with Gasteiger partial charge in [-0.05, 0) is 32.2 Å². The van der Waals surface area contributed by atoms with Crippen LogP contribution >= 0.6 is 0 Å². The van der Waals surface area contributed by atoms with Crippen LogP contribution in [0.4, 0.5) is 0 Å². The molecule has 2 atom stereocenters. The second-order valence-corrected chi connectivity index (χ2v) is 6.65. The van der Waals surface area contributed by atoms with Gasteiger partial charge in [-0.15, -0.1) is 0 Å². The molecular formula is C14H25N3O2. The molecule has 2 heterocycles. The van der Waals surface area contributed by atoms with Gasteiger partial charge in [0.2, 0.25) is 11.7 Å². The van der Waals surface area contributed by atoms with Crippen molar-refractivity contribution in [3.63, 3.8) is 0 Å². The molecule has 1 aromatic rings.